The van der Waals surface area contributed by atoms with Gasteiger partial charge in [-0.2, -0.15) is 5.10 Å². The van der Waals surface area contributed by atoms with E-state index in [1.54, 1.807) is 29.9 Å². The largest absolute Gasteiger partial charge is 0.484 e. The fraction of sp³-hybridized carbons (Fsp3) is 0.500. The highest BCUT2D eigenvalue weighted by Crippen LogP contribution is 2.31. The Kier molecular flexibility index (Phi) is 5.69. The zero-order valence-corrected chi connectivity index (χ0v) is 17.9. The number of imide groups is 1. The maximum absolute atomic E-state index is 12.2. The number of nitrogens with zero attached hydrogens (tertiary/aromatic N) is 2. The van der Waals surface area contributed by atoms with Crippen LogP contribution in [0.2, 0.25) is 0 Å². The van der Waals surface area contributed by atoms with E-state index in [4.69, 9.17) is 4.74 Å². The molecule has 3 amide bonds. The second kappa shape index (κ2) is 8.29. The molecular formula is C20H24N4O6S. The van der Waals surface area contributed by atoms with Crippen LogP contribution < -0.4 is 15.4 Å². The molecule has 1 aromatic heterocycles. The van der Waals surface area contributed by atoms with E-state index in [9.17, 15) is 22.8 Å². The Morgan fingerprint density at radius 2 is 2.00 bits per heavy atom. The van der Waals surface area contributed by atoms with Gasteiger partial charge in [-0.05, 0) is 31.4 Å². The number of aryl methyl sites for hydroxylation is 1. The fourth-order valence-electron chi connectivity index (χ4n) is 4.02. The number of amides is 3. The van der Waals surface area contributed by atoms with Gasteiger partial charge in [-0.25, -0.2) is 8.42 Å². The quantitative estimate of drug-likeness (QED) is 0.622. The smallest absolute Gasteiger partial charge is 0.258 e. The summed E-state index contributed by atoms with van der Waals surface area (Å²) in [5, 5.41) is 10.4. The average Bonchev–Trinajstić information content (AvgIpc) is 3.04. The van der Waals surface area contributed by atoms with Crippen LogP contribution in [0.3, 0.4) is 0 Å². The normalized spacial score (nSPS) is 21.6. The molecule has 1 atom stereocenters. The molecule has 2 aliphatic rings. The third-order valence-corrected chi connectivity index (χ3v) is 7.43. The van der Waals surface area contributed by atoms with Crippen LogP contribution in [0.4, 0.5) is 0 Å². The van der Waals surface area contributed by atoms with Crippen molar-refractivity contribution in [3.05, 3.63) is 23.9 Å². The second-order valence-electron chi connectivity index (χ2n) is 7.97. The number of aromatic nitrogens is 2. The molecule has 1 aromatic carbocycles. The van der Waals surface area contributed by atoms with E-state index in [0.717, 1.165) is 10.9 Å². The van der Waals surface area contributed by atoms with E-state index >= 15 is 0 Å². The summed E-state index contributed by atoms with van der Waals surface area (Å²) in [4.78, 5) is 35.8. The lowest BCUT2D eigenvalue weighted by Crippen LogP contribution is -2.42. The van der Waals surface area contributed by atoms with Crippen molar-refractivity contribution < 1.29 is 27.5 Å². The third kappa shape index (κ3) is 4.71. The maximum atomic E-state index is 12.2. The van der Waals surface area contributed by atoms with Crippen molar-refractivity contribution in [2.45, 2.75) is 37.6 Å². The van der Waals surface area contributed by atoms with Crippen LogP contribution in [-0.4, -0.2) is 60.1 Å². The molecule has 0 radical (unpaired) electrons. The van der Waals surface area contributed by atoms with E-state index in [-0.39, 0.29) is 48.3 Å². The van der Waals surface area contributed by atoms with Crippen molar-refractivity contribution in [1.82, 2.24) is 20.4 Å². The van der Waals surface area contributed by atoms with Crippen molar-refractivity contribution in [3.63, 3.8) is 0 Å². The van der Waals surface area contributed by atoms with Gasteiger partial charge in [-0.15, -0.1) is 0 Å². The minimum atomic E-state index is -2.98. The molecule has 0 spiro atoms. The fourth-order valence-corrected chi connectivity index (χ4v) is 5.51. The number of sulfone groups is 1. The van der Waals surface area contributed by atoms with Gasteiger partial charge in [0, 0.05) is 31.0 Å². The minimum Gasteiger partial charge on any atom is -0.484 e. The standard InChI is InChI=1S/C20H24N4O6S/c1-24-16-10-13(30-11-18(26)21-12-6-8-31(28,29)9-7-12)2-3-14(16)19(23-24)15-4-5-17(25)22-20(15)27/h2-3,10,12,15H,4-9,11H2,1H3,(H,21,26)(H,22,25,27). The SMILES string of the molecule is Cn1nc(C2CCC(=O)NC2=O)c2ccc(OCC(=O)NC3CCS(=O)(=O)CC3)cc21. The van der Waals surface area contributed by atoms with Crippen LogP contribution >= 0.6 is 0 Å². The Morgan fingerprint density at radius 1 is 1.26 bits per heavy atom. The number of rotatable bonds is 5. The minimum absolute atomic E-state index is 0.0888. The molecule has 0 saturated carbocycles. The van der Waals surface area contributed by atoms with Gasteiger partial charge < -0.3 is 10.1 Å². The Bertz CT molecular complexity index is 1140. The lowest BCUT2D eigenvalue weighted by molar-refractivity contribution is -0.134. The van der Waals surface area contributed by atoms with Crippen LogP contribution in [-0.2, 0) is 31.3 Å². The highest BCUT2D eigenvalue weighted by atomic mass is 32.2. The second-order valence-corrected chi connectivity index (χ2v) is 10.3. The molecule has 3 heterocycles. The molecule has 166 valence electrons. The van der Waals surface area contributed by atoms with E-state index in [1.807, 2.05) is 0 Å². The van der Waals surface area contributed by atoms with Gasteiger partial charge in [0.2, 0.25) is 11.8 Å². The first-order chi connectivity index (χ1) is 14.7. The highest BCUT2D eigenvalue weighted by molar-refractivity contribution is 7.91. The molecule has 2 fully saturated rings. The van der Waals surface area contributed by atoms with E-state index in [2.05, 4.69) is 15.7 Å². The Balaban J connectivity index is 1.40. The molecule has 2 aliphatic heterocycles. The lowest BCUT2D eigenvalue weighted by atomic mass is 9.93. The van der Waals surface area contributed by atoms with Crippen LogP contribution in [0.25, 0.3) is 10.9 Å². The summed E-state index contributed by atoms with van der Waals surface area (Å²) in [7, 11) is -1.22. The van der Waals surface area contributed by atoms with Gasteiger partial charge in [0.1, 0.15) is 15.6 Å². The summed E-state index contributed by atoms with van der Waals surface area (Å²) < 4.78 is 30.2. The number of ether oxygens (including phenoxy) is 1. The predicted molar refractivity (Wildman–Crippen MR) is 111 cm³/mol. The van der Waals surface area contributed by atoms with Gasteiger partial charge in [-0.1, -0.05) is 0 Å². The summed E-state index contributed by atoms with van der Waals surface area (Å²) in [5.74, 6) is -0.755. The zero-order valence-electron chi connectivity index (χ0n) is 17.1. The molecule has 2 aromatic rings. The Hall–Kier alpha value is -2.95. The molecule has 10 nitrogen and oxygen atoms in total. The maximum Gasteiger partial charge on any atom is 0.258 e. The number of nitrogens with one attached hydrogen (secondary N) is 2. The number of hydrogen-bond donors (Lipinski definition) is 2. The van der Waals surface area contributed by atoms with Gasteiger partial charge in [-0.3, -0.25) is 24.4 Å². The molecule has 0 bridgehead atoms. The average molecular weight is 449 g/mol. The van der Waals surface area contributed by atoms with Crippen molar-refractivity contribution in [2.24, 2.45) is 7.05 Å². The Labute approximate surface area is 179 Å². The monoisotopic (exact) mass is 448 g/mol. The van der Waals surface area contributed by atoms with Crippen LogP contribution in [0.15, 0.2) is 18.2 Å². The molecule has 1 unspecified atom stereocenters. The summed E-state index contributed by atoms with van der Waals surface area (Å²) in [6, 6.07) is 5.09. The first-order valence-corrected chi connectivity index (χ1v) is 12.0. The summed E-state index contributed by atoms with van der Waals surface area (Å²) in [6.45, 7) is -0.188. The van der Waals surface area contributed by atoms with Crippen LogP contribution in [0, 0.1) is 0 Å². The van der Waals surface area contributed by atoms with Gasteiger partial charge in [0.15, 0.2) is 6.61 Å². The number of hydrogen-bond acceptors (Lipinski definition) is 7. The number of fused-ring (bicyclic) bond motifs is 1. The first-order valence-electron chi connectivity index (χ1n) is 10.1. The van der Waals surface area contributed by atoms with Crippen LogP contribution in [0.5, 0.6) is 5.75 Å². The van der Waals surface area contributed by atoms with Gasteiger partial charge in [0.05, 0.1) is 28.6 Å². The van der Waals surface area contributed by atoms with Crippen molar-refractivity contribution in [2.75, 3.05) is 18.1 Å². The number of benzene rings is 1. The van der Waals surface area contributed by atoms with Crippen molar-refractivity contribution in [1.29, 1.82) is 0 Å². The molecule has 2 saturated heterocycles. The summed E-state index contributed by atoms with van der Waals surface area (Å²) in [5.41, 5.74) is 1.36. The van der Waals surface area contributed by atoms with Crippen LogP contribution in [0.1, 0.15) is 37.3 Å². The Morgan fingerprint density at radius 3 is 2.71 bits per heavy atom. The third-order valence-electron chi connectivity index (χ3n) is 5.71. The van der Waals surface area contributed by atoms with E-state index < -0.39 is 15.8 Å². The van der Waals surface area contributed by atoms with E-state index in [0.29, 0.717) is 30.7 Å². The molecule has 31 heavy (non-hydrogen) atoms. The topological polar surface area (TPSA) is 136 Å². The molecule has 0 aliphatic carbocycles. The van der Waals surface area contributed by atoms with E-state index in [1.165, 1.54) is 0 Å². The van der Waals surface area contributed by atoms with Crippen molar-refractivity contribution in [3.8, 4) is 5.75 Å². The molecule has 2 N–H and O–H groups in total. The molecule has 4 rings (SSSR count). The highest BCUT2D eigenvalue weighted by Gasteiger charge is 2.31. The summed E-state index contributed by atoms with van der Waals surface area (Å²) in [6.07, 6.45) is 1.52. The number of piperidine rings is 1. The van der Waals surface area contributed by atoms with Crippen molar-refractivity contribution >= 4 is 38.5 Å². The van der Waals surface area contributed by atoms with Gasteiger partial charge in [0.25, 0.3) is 5.91 Å². The first kappa shape index (κ1) is 21.3. The van der Waals surface area contributed by atoms with Gasteiger partial charge >= 0.3 is 0 Å². The predicted octanol–water partition coefficient (Wildman–Crippen LogP) is 0.166. The lowest BCUT2D eigenvalue weighted by Gasteiger charge is -2.23. The summed E-state index contributed by atoms with van der Waals surface area (Å²) >= 11 is 0. The number of carbonyl (C=O) groups excluding carboxylic acids is 3. The molecular weight excluding hydrogens is 424 g/mol. The zero-order chi connectivity index (χ0) is 22.2. The number of carbonyl (C=O) groups is 3. The molecule has 11 heteroatoms.